The van der Waals surface area contributed by atoms with Crippen LogP contribution in [-0.4, -0.2) is 76.6 Å². The molecule has 4 amide bonds. The molecular formula is C21H26N4O4. The Bertz CT molecular complexity index is 873. The van der Waals surface area contributed by atoms with Gasteiger partial charge in [-0.1, -0.05) is 6.07 Å². The van der Waals surface area contributed by atoms with Crippen LogP contribution >= 0.6 is 0 Å². The summed E-state index contributed by atoms with van der Waals surface area (Å²) in [5, 5.41) is 2.22. The summed E-state index contributed by atoms with van der Waals surface area (Å²) >= 11 is 0. The van der Waals surface area contributed by atoms with Gasteiger partial charge in [0.15, 0.2) is 0 Å². The molecule has 3 aliphatic rings. The molecular weight excluding hydrogens is 372 g/mol. The predicted molar refractivity (Wildman–Crippen MR) is 105 cm³/mol. The Balaban J connectivity index is 1.47. The van der Waals surface area contributed by atoms with Crippen LogP contribution in [0, 0.1) is 0 Å². The van der Waals surface area contributed by atoms with Crippen LogP contribution in [0.15, 0.2) is 18.2 Å². The van der Waals surface area contributed by atoms with Crippen molar-refractivity contribution in [1.29, 1.82) is 0 Å². The number of amides is 4. The summed E-state index contributed by atoms with van der Waals surface area (Å²) in [4.78, 5) is 55.0. The van der Waals surface area contributed by atoms with E-state index in [2.05, 4.69) is 29.0 Å². The van der Waals surface area contributed by atoms with E-state index >= 15 is 0 Å². The normalized spacial score (nSPS) is 23.7. The number of piperidine rings is 1. The highest BCUT2D eigenvalue weighted by Crippen LogP contribution is 2.28. The molecule has 1 N–H and O–H groups in total. The van der Waals surface area contributed by atoms with Gasteiger partial charge in [0.05, 0.1) is 11.1 Å². The summed E-state index contributed by atoms with van der Waals surface area (Å²) in [7, 11) is 0. The maximum absolute atomic E-state index is 12.9. The van der Waals surface area contributed by atoms with E-state index in [9.17, 15) is 19.2 Å². The van der Waals surface area contributed by atoms with Crippen LogP contribution in [0.2, 0.25) is 0 Å². The zero-order valence-corrected chi connectivity index (χ0v) is 16.8. The van der Waals surface area contributed by atoms with Crippen molar-refractivity contribution in [2.75, 3.05) is 26.2 Å². The molecule has 3 aliphatic heterocycles. The summed E-state index contributed by atoms with van der Waals surface area (Å²) in [5.74, 6) is -1.87. The third-order valence-corrected chi connectivity index (χ3v) is 6.05. The predicted octanol–water partition coefficient (Wildman–Crippen LogP) is 0.614. The van der Waals surface area contributed by atoms with Gasteiger partial charge in [-0.2, -0.15) is 0 Å². The zero-order valence-electron chi connectivity index (χ0n) is 16.8. The Labute approximate surface area is 169 Å². The zero-order chi connectivity index (χ0) is 20.7. The number of nitrogens with zero attached hydrogens (tertiary/aromatic N) is 3. The largest absolute Gasteiger partial charge is 0.298 e. The molecule has 0 spiro atoms. The number of benzene rings is 1. The van der Waals surface area contributed by atoms with E-state index in [1.807, 2.05) is 6.07 Å². The minimum Gasteiger partial charge on any atom is -0.298 e. The van der Waals surface area contributed by atoms with Crippen LogP contribution in [0.5, 0.6) is 0 Å². The number of hydrogen-bond acceptors (Lipinski definition) is 6. The van der Waals surface area contributed by atoms with Gasteiger partial charge in [-0.15, -0.1) is 0 Å². The average molecular weight is 398 g/mol. The van der Waals surface area contributed by atoms with Crippen LogP contribution in [0.3, 0.4) is 0 Å². The number of carbonyl (C=O) groups is 4. The molecule has 154 valence electrons. The summed E-state index contributed by atoms with van der Waals surface area (Å²) in [6.45, 7) is 9.08. The fraction of sp³-hybridized carbons (Fsp3) is 0.524. The second-order valence-electron chi connectivity index (χ2n) is 8.23. The summed E-state index contributed by atoms with van der Waals surface area (Å²) in [6, 6.07) is 4.95. The minimum atomic E-state index is -0.923. The quantitative estimate of drug-likeness (QED) is 0.748. The molecule has 3 heterocycles. The molecule has 0 saturated carbocycles. The standard InChI is InChI=1S/C21H26N4O4/c1-13(2)24-9-7-23(8-10-24)12-14-3-4-15-16(11-14)21(29)25(20(15)28)17-5-6-18(26)22-19(17)27/h3-4,11,13,17H,5-10,12H2,1-2H3,(H,22,26,27). The van der Waals surface area contributed by atoms with Gasteiger partial charge in [-0.05, 0) is 38.0 Å². The van der Waals surface area contributed by atoms with Gasteiger partial charge >= 0.3 is 0 Å². The number of hydrogen-bond donors (Lipinski definition) is 1. The average Bonchev–Trinajstić information content (AvgIpc) is 2.93. The number of carbonyl (C=O) groups excluding carboxylic acids is 4. The first-order chi connectivity index (χ1) is 13.8. The third kappa shape index (κ3) is 3.70. The Morgan fingerprint density at radius 2 is 1.69 bits per heavy atom. The van der Waals surface area contributed by atoms with Crippen molar-refractivity contribution in [3.8, 4) is 0 Å². The fourth-order valence-electron chi connectivity index (χ4n) is 4.31. The van der Waals surface area contributed by atoms with Crippen molar-refractivity contribution < 1.29 is 19.2 Å². The summed E-state index contributed by atoms with van der Waals surface area (Å²) < 4.78 is 0. The molecule has 29 heavy (non-hydrogen) atoms. The van der Waals surface area contributed by atoms with E-state index in [4.69, 9.17) is 0 Å². The maximum Gasteiger partial charge on any atom is 0.262 e. The highest BCUT2D eigenvalue weighted by molar-refractivity contribution is 6.23. The molecule has 0 aromatic heterocycles. The lowest BCUT2D eigenvalue weighted by Gasteiger charge is -2.37. The maximum atomic E-state index is 12.9. The van der Waals surface area contributed by atoms with Crippen molar-refractivity contribution in [1.82, 2.24) is 20.0 Å². The molecule has 8 nitrogen and oxygen atoms in total. The summed E-state index contributed by atoms with van der Waals surface area (Å²) in [5.41, 5.74) is 1.65. The van der Waals surface area contributed by atoms with Crippen LogP contribution in [0.25, 0.3) is 0 Å². The van der Waals surface area contributed by atoms with Crippen molar-refractivity contribution in [3.05, 3.63) is 34.9 Å². The smallest absolute Gasteiger partial charge is 0.262 e. The van der Waals surface area contributed by atoms with Crippen molar-refractivity contribution >= 4 is 23.6 Å². The molecule has 1 unspecified atom stereocenters. The second-order valence-corrected chi connectivity index (χ2v) is 8.23. The molecule has 0 radical (unpaired) electrons. The van der Waals surface area contributed by atoms with Gasteiger partial charge in [0.2, 0.25) is 11.8 Å². The van der Waals surface area contributed by atoms with Gasteiger partial charge in [0.1, 0.15) is 6.04 Å². The van der Waals surface area contributed by atoms with Gasteiger partial charge in [0, 0.05) is 45.2 Å². The third-order valence-electron chi connectivity index (χ3n) is 6.05. The highest BCUT2D eigenvalue weighted by Gasteiger charge is 2.44. The van der Waals surface area contributed by atoms with E-state index in [1.165, 1.54) is 0 Å². The Hall–Kier alpha value is -2.58. The SMILES string of the molecule is CC(C)N1CCN(Cc2ccc3c(c2)C(=O)N(C2CCC(=O)NC2=O)C3=O)CC1. The molecule has 8 heteroatoms. The lowest BCUT2D eigenvalue weighted by molar-refractivity contribution is -0.136. The Morgan fingerprint density at radius 3 is 2.34 bits per heavy atom. The first-order valence-electron chi connectivity index (χ1n) is 10.2. The van der Waals surface area contributed by atoms with Crippen molar-refractivity contribution in [3.63, 3.8) is 0 Å². The summed E-state index contributed by atoms with van der Waals surface area (Å²) in [6.07, 6.45) is 0.292. The van der Waals surface area contributed by atoms with Crippen LogP contribution in [0.4, 0.5) is 0 Å². The number of fused-ring (bicyclic) bond motifs is 1. The van der Waals surface area contributed by atoms with Gasteiger partial charge in [-0.3, -0.25) is 39.2 Å². The topological polar surface area (TPSA) is 90.0 Å². The van der Waals surface area contributed by atoms with Gasteiger partial charge in [0.25, 0.3) is 11.8 Å². The van der Waals surface area contributed by atoms with Gasteiger partial charge < -0.3 is 0 Å². The number of piperazine rings is 1. The lowest BCUT2D eigenvalue weighted by atomic mass is 10.0. The van der Waals surface area contributed by atoms with Crippen LogP contribution in [0.1, 0.15) is 53.0 Å². The Kier molecular flexibility index (Phi) is 5.23. The number of imide groups is 2. The monoisotopic (exact) mass is 398 g/mol. The van der Waals surface area contributed by atoms with Crippen LogP contribution in [-0.2, 0) is 16.1 Å². The van der Waals surface area contributed by atoms with E-state index in [0.29, 0.717) is 17.2 Å². The molecule has 2 fully saturated rings. The highest BCUT2D eigenvalue weighted by atomic mass is 16.2. The molecule has 0 aliphatic carbocycles. The molecule has 4 rings (SSSR count). The van der Waals surface area contributed by atoms with Gasteiger partial charge in [-0.25, -0.2) is 0 Å². The number of rotatable bonds is 4. The molecule has 1 aromatic rings. The lowest BCUT2D eigenvalue weighted by Crippen LogP contribution is -2.54. The van der Waals surface area contributed by atoms with E-state index in [-0.39, 0.29) is 18.7 Å². The van der Waals surface area contributed by atoms with Crippen LogP contribution < -0.4 is 5.32 Å². The van der Waals surface area contributed by atoms with Crippen molar-refractivity contribution in [2.24, 2.45) is 0 Å². The second kappa shape index (κ2) is 7.68. The number of nitrogens with one attached hydrogen (secondary N) is 1. The Morgan fingerprint density at radius 1 is 1.00 bits per heavy atom. The molecule has 2 saturated heterocycles. The van der Waals surface area contributed by atoms with E-state index < -0.39 is 23.8 Å². The molecule has 1 atom stereocenters. The first kappa shape index (κ1) is 19.7. The first-order valence-corrected chi connectivity index (χ1v) is 10.2. The fourth-order valence-corrected chi connectivity index (χ4v) is 4.31. The molecule has 1 aromatic carbocycles. The molecule has 0 bridgehead atoms. The van der Waals surface area contributed by atoms with Crippen molar-refractivity contribution in [2.45, 2.75) is 45.3 Å². The van der Waals surface area contributed by atoms with E-state index in [1.54, 1.807) is 12.1 Å². The van der Waals surface area contributed by atoms with E-state index in [0.717, 1.165) is 43.2 Å². The minimum absolute atomic E-state index is 0.122.